The zero-order valence-corrected chi connectivity index (χ0v) is 10.1. The number of nitrogens with one attached hydrogen (secondary N) is 2. The average Bonchev–Trinajstić information content (AvgIpc) is 2.68. The third-order valence-corrected chi connectivity index (χ3v) is 3.25. The minimum absolute atomic E-state index is 0.000389. The van der Waals surface area contributed by atoms with Crippen LogP contribution >= 0.6 is 0 Å². The Kier molecular flexibility index (Phi) is 3.26. The number of ketones is 1. The third-order valence-electron chi connectivity index (χ3n) is 3.25. The number of carbonyl (C=O) groups is 2. The molecule has 5 heteroatoms. The normalized spacial score (nSPS) is 24.7. The first-order chi connectivity index (χ1) is 8.06. The lowest BCUT2D eigenvalue weighted by Gasteiger charge is -2.24. The van der Waals surface area contributed by atoms with Gasteiger partial charge in [-0.1, -0.05) is 6.92 Å². The number of hydrogen-bond donors (Lipinski definition) is 2. The standard InChI is InChI=1S/C12H17N3O2/c1-7-5-9(3-4-10(7)16)12(17)13-11-6-8(2)14-15-11/h6-7,9H,3-5H2,1-2H3,(H2,13,14,15,17). The molecular formula is C12H17N3O2. The van der Waals surface area contributed by atoms with Gasteiger partial charge in [0.25, 0.3) is 0 Å². The van der Waals surface area contributed by atoms with E-state index >= 15 is 0 Å². The van der Waals surface area contributed by atoms with Crippen molar-refractivity contribution in [3.63, 3.8) is 0 Å². The molecule has 1 saturated carbocycles. The van der Waals surface area contributed by atoms with Gasteiger partial charge in [0, 0.05) is 30.0 Å². The maximum atomic E-state index is 12.0. The molecule has 2 atom stereocenters. The van der Waals surface area contributed by atoms with Gasteiger partial charge in [0.05, 0.1) is 0 Å². The smallest absolute Gasteiger partial charge is 0.228 e. The number of rotatable bonds is 2. The van der Waals surface area contributed by atoms with Gasteiger partial charge < -0.3 is 5.32 Å². The summed E-state index contributed by atoms with van der Waals surface area (Å²) in [6.07, 6.45) is 1.81. The number of hydrogen-bond acceptors (Lipinski definition) is 3. The maximum absolute atomic E-state index is 12.0. The van der Waals surface area contributed by atoms with Crippen molar-refractivity contribution in [1.82, 2.24) is 10.2 Å². The number of aryl methyl sites for hydroxylation is 1. The summed E-state index contributed by atoms with van der Waals surface area (Å²) < 4.78 is 0. The highest BCUT2D eigenvalue weighted by Crippen LogP contribution is 2.27. The van der Waals surface area contributed by atoms with Crippen LogP contribution in [0.4, 0.5) is 5.82 Å². The van der Waals surface area contributed by atoms with E-state index in [9.17, 15) is 9.59 Å². The molecule has 1 aromatic heterocycles. The van der Waals surface area contributed by atoms with Crippen LogP contribution in [0.25, 0.3) is 0 Å². The minimum atomic E-state index is -0.0697. The lowest BCUT2D eigenvalue weighted by molar-refractivity contribution is -0.128. The van der Waals surface area contributed by atoms with Crippen molar-refractivity contribution in [2.45, 2.75) is 33.1 Å². The second kappa shape index (κ2) is 4.69. The van der Waals surface area contributed by atoms with E-state index in [2.05, 4.69) is 15.5 Å². The summed E-state index contributed by atoms with van der Waals surface area (Å²) in [5.74, 6) is 0.720. The quantitative estimate of drug-likeness (QED) is 0.818. The van der Waals surface area contributed by atoms with Crippen molar-refractivity contribution in [3.05, 3.63) is 11.8 Å². The third kappa shape index (κ3) is 2.72. The predicted octanol–water partition coefficient (Wildman–Crippen LogP) is 1.66. The van der Waals surface area contributed by atoms with E-state index < -0.39 is 0 Å². The van der Waals surface area contributed by atoms with Crippen molar-refractivity contribution in [2.75, 3.05) is 5.32 Å². The Morgan fingerprint density at radius 3 is 2.94 bits per heavy atom. The van der Waals surface area contributed by atoms with E-state index in [-0.39, 0.29) is 23.5 Å². The zero-order chi connectivity index (χ0) is 12.4. The molecule has 1 aromatic rings. The molecule has 2 unspecified atom stereocenters. The van der Waals surface area contributed by atoms with Gasteiger partial charge in [-0.05, 0) is 19.8 Å². The molecular weight excluding hydrogens is 218 g/mol. The molecule has 0 aliphatic heterocycles. The molecule has 2 rings (SSSR count). The number of carbonyl (C=O) groups excluding carboxylic acids is 2. The zero-order valence-electron chi connectivity index (χ0n) is 10.1. The molecule has 1 amide bonds. The number of aromatic amines is 1. The predicted molar refractivity (Wildman–Crippen MR) is 63.5 cm³/mol. The van der Waals surface area contributed by atoms with Crippen LogP contribution in [-0.2, 0) is 9.59 Å². The molecule has 92 valence electrons. The summed E-state index contributed by atoms with van der Waals surface area (Å²) in [5, 5.41) is 9.51. The van der Waals surface area contributed by atoms with Crippen molar-refractivity contribution in [2.24, 2.45) is 11.8 Å². The Hall–Kier alpha value is -1.65. The van der Waals surface area contributed by atoms with E-state index in [0.29, 0.717) is 25.1 Å². The summed E-state index contributed by atoms with van der Waals surface area (Å²) in [6.45, 7) is 3.77. The van der Waals surface area contributed by atoms with Gasteiger partial charge in [-0.2, -0.15) is 5.10 Å². The van der Waals surface area contributed by atoms with Crippen LogP contribution in [0.2, 0.25) is 0 Å². The van der Waals surface area contributed by atoms with E-state index in [1.807, 2.05) is 13.8 Å². The number of H-pyrrole nitrogens is 1. The van der Waals surface area contributed by atoms with E-state index in [4.69, 9.17) is 0 Å². The number of anilines is 1. The molecule has 0 saturated heterocycles. The lowest BCUT2D eigenvalue weighted by atomic mass is 9.81. The van der Waals surface area contributed by atoms with Gasteiger partial charge in [0.1, 0.15) is 5.78 Å². The minimum Gasteiger partial charge on any atom is -0.309 e. The molecule has 1 aliphatic carbocycles. The highest BCUT2D eigenvalue weighted by molar-refractivity contribution is 5.93. The van der Waals surface area contributed by atoms with Gasteiger partial charge in [-0.15, -0.1) is 0 Å². The molecule has 0 bridgehead atoms. The Balaban J connectivity index is 1.94. The summed E-state index contributed by atoms with van der Waals surface area (Å²) >= 11 is 0. The topological polar surface area (TPSA) is 74.8 Å². The van der Waals surface area contributed by atoms with Crippen LogP contribution in [0, 0.1) is 18.8 Å². The first kappa shape index (κ1) is 11.8. The molecule has 1 heterocycles. The van der Waals surface area contributed by atoms with E-state index in [1.54, 1.807) is 6.07 Å². The molecule has 0 spiro atoms. The molecule has 5 nitrogen and oxygen atoms in total. The Labute approximate surface area is 100.0 Å². The van der Waals surface area contributed by atoms with Crippen LogP contribution < -0.4 is 5.32 Å². The van der Waals surface area contributed by atoms with Gasteiger partial charge in [0.2, 0.25) is 5.91 Å². The van der Waals surface area contributed by atoms with Crippen LogP contribution in [0.15, 0.2) is 6.07 Å². The molecule has 1 aliphatic rings. The second-order valence-corrected chi connectivity index (χ2v) is 4.76. The van der Waals surface area contributed by atoms with Crippen LogP contribution in [0.1, 0.15) is 31.9 Å². The Morgan fingerprint density at radius 2 is 2.35 bits per heavy atom. The number of nitrogens with zero attached hydrogens (tertiary/aromatic N) is 1. The average molecular weight is 235 g/mol. The molecule has 2 N–H and O–H groups in total. The summed E-state index contributed by atoms with van der Waals surface area (Å²) in [5.41, 5.74) is 0.910. The van der Waals surface area contributed by atoms with Crippen molar-refractivity contribution >= 4 is 17.5 Å². The van der Waals surface area contributed by atoms with E-state index in [0.717, 1.165) is 5.69 Å². The molecule has 1 fully saturated rings. The van der Waals surface area contributed by atoms with Crippen LogP contribution in [0.3, 0.4) is 0 Å². The summed E-state index contributed by atoms with van der Waals surface area (Å²) in [6, 6.07) is 1.79. The van der Waals surface area contributed by atoms with Crippen LogP contribution in [-0.4, -0.2) is 21.9 Å². The number of aromatic nitrogens is 2. The molecule has 17 heavy (non-hydrogen) atoms. The largest absolute Gasteiger partial charge is 0.309 e. The fourth-order valence-electron chi connectivity index (χ4n) is 2.19. The van der Waals surface area contributed by atoms with Crippen molar-refractivity contribution < 1.29 is 9.59 Å². The van der Waals surface area contributed by atoms with Gasteiger partial charge in [0.15, 0.2) is 5.82 Å². The Morgan fingerprint density at radius 1 is 1.59 bits per heavy atom. The molecule has 0 aromatic carbocycles. The summed E-state index contributed by atoms with van der Waals surface area (Å²) in [7, 11) is 0. The second-order valence-electron chi connectivity index (χ2n) is 4.76. The monoisotopic (exact) mass is 235 g/mol. The van der Waals surface area contributed by atoms with Crippen LogP contribution in [0.5, 0.6) is 0 Å². The first-order valence-corrected chi connectivity index (χ1v) is 5.92. The van der Waals surface area contributed by atoms with Crippen molar-refractivity contribution in [1.29, 1.82) is 0 Å². The highest BCUT2D eigenvalue weighted by Gasteiger charge is 2.30. The maximum Gasteiger partial charge on any atom is 0.228 e. The van der Waals surface area contributed by atoms with Crippen molar-refractivity contribution in [3.8, 4) is 0 Å². The fourth-order valence-corrected chi connectivity index (χ4v) is 2.19. The van der Waals surface area contributed by atoms with Gasteiger partial charge in [-0.3, -0.25) is 14.7 Å². The SMILES string of the molecule is Cc1cc(NC(=O)C2CCC(=O)C(C)C2)n[nH]1. The molecule has 0 radical (unpaired) electrons. The number of Topliss-reactive ketones (excluding diaryl/α,β-unsaturated/α-hetero) is 1. The van der Waals surface area contributed by atoms with E-state index in [1.165, 1.54) is 0 Å². The number of amides is 1. The Bertz CT molecular complexity index is 439. The fraction of sp³-hybridized carbons (Fsp3) is 0.583. The first-order valence-electron chi connectivity index (χ1n) is 5.92. The lowest BCUT2D eigenvalue weighted by Crippen LogP contribution is -2.31. The summed E-state index contributed by atoms with van der Waals surface area (Å²) in [4.78, 5) is 23.3. The van der Waals surface area contributed by atoms with Gasteiger partial charge in [-0.25, -0.2) is 0 Å². The van der Waals surface area contributed by atoms with Gasteiger partial charge >= 0.3 is 0 Å². The highest BCUT2D eigenvalue weighted by atomic mass is 16.2.